The zero-order valence-corrected chi connectivity index (χ0v) is 17.2. The summed E-state index contributed by atoms with van der Waals surface area (Å²) in [5.41, 5.74) is 5.79. The number of nitrogens with one attached hydrogen (secondary N) is 3. The molecule has 0 aliphatic heterocycles. The number of carbonyl (C=O) groups excluding carboxylic acids is 2. The zero-order valence-electron chi connectivity index (χ0n) is 17.2. The van der Waals surface area contributed by atoms with E-state index in [1.807, 2.05) is 13.8 Å². The van der Waals surface area contributed by atoms with Crippen molar-refractivity contribution in [3.63, 3.8) is 0 Å². The number of carbonyl (C=O) groups is 2. The van der Waals surface area contributed by atoms with Crippen LogP contribution in [0.25, 0.3) is 0 Å². The molecule has 0 aliphatic carbocycles. The van der Waals surface area contributed by atoms with Crippen molar-refractivity contribution < 1.29 is 19.1 Å². The number of ketones is 1. The molecule has 0 bridgehead atoms. The van der Waals surface area contributed by atoms with E-state index in [1.165, 1.54) is 7.11 Å². The lowest BCUT2D eigenvalue weighted by atomic mass is 10.0. The number of ether oxygens (including phenoxy) is 2. The molecule has 28 heavy (non-hydrogen) atoms. The van der Waals surface area contributed by atoms with Crippen molar-refractivity contribution in [2.75, 3.05) is 20.3 Å². The highest BCUT2D eigenvalue weighted by atomic mass is 16.5. The van der Waals surface area contributed by atoms with Gasteiger partial charge in [0.2, 0.25) is 0 Å². The van der Waals surface area contributed by atoms with Crippen molar-refractivity contribution in [2.24, 2.45) is 5.73 Å². The van der Waals surface area contributed by atoms with Crippen LogP contribution < -0.4 is 21.1 Å². The lowest BCUT2D eigenvalue weighted by Gasteiger charge is -2.26. The van der Waals surface area contributed by atoms with Crippen molar-refractivity contribution in [1.82, 2.24) is 15.6 Å². The minimum atomic E-state index is -1.06. The molecule has 0 fully saturated rings. The fourth-order valence-electron chi connectivity index (χ4n) is 2.40. The Bertz CT molecular complexity index is 685. The van der Waals surface area contributed by atoms with Gasteiger partial charge in [0.05, 0.1) is 6.04 Å². The first kappa shape index (κ1) is 23.4. The Hall–Kier alpha value is -2.68. The van der Waals surface area contributed by atoms with Crippen molar-refractivity contribution in [1.29, 1.82) is 5.41 Å². The Morgan fingerprint density at radius 2 is 1.89 bits per heavy atom. The summed E-state index contributed by atoms with van der Waals surface area (Å²) in [6.45, 7) is 7.19. The second kappa shape index (κ2) is 10.6. The van der Waals surface area contributed by atoms with Gasteiger partial charge in [0, 0.05) is 37.2 Å². The Kier molecular flexibility index (Phi) is 8.84. The van der Waals surface area contributed by atoms with Crippen molar-refractivity contribution in [3.05, 3.63) is 23.5 Å². The first-order valence-corrected chi connectivity index (χ1v) is 9.10. The minimum Gasteiger partial charge on any atom is -0.486 e. The van der Waals surface area contributed by atoms with Gasteiger partial charge in [0.15, 0.2) is 11.7 Å². The number of methoxy groups -OCH3 is 1. The number of amides is 1. The first-order chi connectivity index (χ1) is 13.0. The molecule has 1 aromatic rings. The van der Waals surface area contributed by atoms with E-state index in [0.29, 0.717) is 25.1 Å². The molecule has 0 aromatic carbocycles. The quantitative estimate of drug-likeness (QED) is 0.248. The molecule has 1 atom stereocenters. The molecule has 9 heteroatoms. The summed E-state index contributed by atoms with van der Waals surface area (Å²) in [6.07, 6.45) is 0.916. The summed E-state index contributed by atoms with van der Waals surface area (Å²) >= 11 is 0. The molecule has 1 unspecified atom stereocenters. The van der Waals surface area contributed by atoms with Gasteiger partial charge < -0.3 is 25.8 Å². The molecule has 1 aromatic heterocycles. The highest BCUT2D eigenvalue weighted by Gasteiger charge is 2.31. The van der Waals surface area contributed by atoms with Crippen LogP contribution in [0.4, 0.5) is 0 Å². The van der Waals surface area contributed by atoms with Gasteiger partial charge in [-0.2, -0.15) is 0 Å². The van der Waals surface area contributed by atoms with Gasteiger partial charge in [-0.3, -0.25) is 20.0 Å². The number of aryl methyl sites for hydroxylation is 2. The van der Waals surface area contributed by atoms with Crippen molar-refractivity contribution in [3.8, 4) is 5.75 Å². The van der Waals surface area contributed by atoms with Crippen LogP contribution in [0.1, 0.15) is 38.1 Å². The Morgan fingerprint density at radius 3 is 2.43 bits per heavy atom. The Labute approximate surface area is 165 Å². The number of hydrogen-bond acceptors (Lipinski definition) is 6. The standard InChI is InChI=1S/C19H31N5O4/c1-12-9-14(10-13(2)23-12)28-11-16(25)15(7-6-8-22-18(20)21)24-17(26)19(3,4)27-5/h9-10,15H,6-8,11H2,1-5H3,(H,24,26)(H4,20,21,22). The maximum Gasteiger partial charge on any atom is 0.252 e. The Balaban J connectivity index is 2.75. The summed E-state index contributed by atoms with van der Waals surface area (Å²) in [5.74, 6) is -0.225. The molecular weight excluding hydrogens is 362 g/mol. The van der Waals surface area contributed by atoms with Crippen LogP contribution in [0.3, 0.4) is 0 Å². The number of hydrogen-bond donors (Lipinski definition) is 4. The molecule has 0 radical (unpaired) electrons. The van der Waals surface area contributed by atoms with E-state index >= 15 is 0 Å². The van der Waals surface area contributed by atoms with E-state index in [-0.39, 0.29) is 24.3 Å². The molecule has 0 spiro atoms. The number of Topliss-reactive ketones (excluding diaryl/α,β-unsaturated/α-hetero) is 1. The van der Waals surface area contributed by atoms with Gasteiger partial charge >= 0.3 is 0 Å². The van der Waals surface area contributed by atoms with E-state index in [4.69, 9.17) is 20.6 Å². The Morgan fingerprint density at radius 1 is 1.29 bits per heavy atom. The summed E-state index contributed by atoms with van der Waals surface area (Å²) < 4.78 is 10.8. The topological polar surface area (TPSA) is 139 Å². The van der Waals surface area contributed by atoms with Gasteiger partial charge in [-0.25, -0.2) is 0 Å². The number of pyridine rings is 1. The normalized spacial score (nSPS) is 12.2. The van der Waals surface area contributed by atoms with Crippen LogP contribution in [-0.4, -0.2) is 54.5 Å². The molecule has 156 valence electrons. The molecule has 1 heterocycles. The summed E-state index contributed by atoms with van der Waals surface area (Å²) in [4.78, 5) is 29.4. The minimum absolute atomic E-state index is 0.140. The van der Waals surface area contributed by atoms with Crippen molar-refractivity contribution in [2.45, 2.75) is 52.2 Å². The van der Waals surface area contributed by atoms with Gasteiger partial charge in [-0.1, -0.05) is 0 Å². The molecule has 5 N–H and O–H groups in total. The third kappa shape index (κ3) is 7.91. The number of rotatable bonds is 11. The monoisotopic (exact) mass is 393 g/mol. The van der Waals surface area contributed by atoms with Crippen LogP contribution in [-0.2, 0) is 14.3 Å². The molecule has 1 rings (SSSR count). The smallest absolute Gasteiger partial charge is 0.252 e. The maximum atomic E-state index is 12.7. The van der Waals surface area contributed by atoms with Crippen LogP contribution in [0.2, 0.25) is 0 Å². The SMILES string of the molecule is COC(C)(C)C(=O)NC(CCCNC(=N)N)C(=O)COc1cc(C)nc(C)c1. The van der Waals surface area contributed by atoms with Gasteiger partial charge in [0.1, 0.15) is 18.0 Å². The zero-order chi connectivity index (χ0) is 21.3. The van der Waals surface area contributed by atoms with E-state index in [9.17, 15) is 9.59 Å². The molecule has 0 saturated heterocycles. The second-order valence-corrected chi connectivity index (χ2v) is 7.06. The van der Waals surface area contributed by atoms with Crippen molar-refractivity contribution >= 4 is 17.6 Å². The van der Waals surface area contributed by atoms with E-state index in [1.54, 1.807) is 26.0 Å². The second-order valence-electron chi connectivity index (χ2n) is 7.06. The number of nitrogens with zero attached hydrogens (tertiary/aromatic N) is 1. The summed E-state index contributed by atoms with van der Waals surface area (Å²) in [7, 11) is 1.43. The molecule has 0 saturated carbocycles. The fourth-order valence-corrected chi connectivity index (χ4v) is 2.40. The van der Waals surface area contributed by atoms with E-state index in [0.717, 1.165) is 11.4 Å². The first-order valence-electron chi connectivity index (χ1n) is 9.10. The van der Waals surface area contributed by atoms with Gasteiger partial charge in [-0.15, -0.1) is 0 Å². The summed E-state index contributed by atoms with van der Waals surface area (Å²) in [6, 6.07) is 2.76. The lowest BCUT2D eigenvalue weighted by Crippen LogP contribution is -2.51. The van der Waals surface area contributed by atoms with Crippen LogP contribution in [0, 0.1) is 19.3 Å². The average molecular weight is 393 g/mol. The number of aromatic nitrogens is 1. The molecule has 1 amide bonds. The van der Waals surface area contributed by atoms with Crippen LogP contribution in [0.15, 0.2) is 12.1 Å². The fraction of sp³-hybridized carbons (Fsp3) is 0.579. The van der Waals surface area contributed by atoms with Crippen LogP contribution in [0.5, 0.6) is 5.75 Å². The molecular formula is C19H31N5O4. The van der Waals surface area contributed by atoms with E-state index < -0.39 is 11.6 Å². The van der Waals surface area contributed by atoms with Crippen LogP contribution >= 0.6 is 0 Å². The number of guanidine groups is 1. The molecule has 0 aliphatic rings. The largest absolute Gasteiger partial charge is 0.486 e. The van der Waals surface area contributed by atoms with Gasteiger partial charge in [-0.05, 0) is 40.5 Å². The third-order valence-corrected chi connectivity index (χ3v) is 4.17. The molecule has 9 nitrogen and oxygen atoms in total. The maximum absolute atomic E-state index is 12.7. The predicted molar refractivity (Wildman–Crippen MR) is 106 cm³/mol. The lowest BCUT2D eigenvalue weighted by molar-refractivity contribution is -0.142. The number of nitrogens with two attached hydrogens (primary N) is 1. The summed E-state index contributed by atoms with van der Waals surface area (Å²) in [5, 5.41) is 12.6. The average Bonchev–Trinajstić information content (AvgIpc) is 2.60. The third-order valence-electron chi connectivity index (χ3n) is 4.17. The van der Waals surface area contributed by atoms with E-state index in [2.05, 4.69) is 15.6 Å². The highest BCUT2D eigenvalue weighted by Crippen LogP contribution is 2.14. The van der Waals surface area contributed by atoms with Gasteiger partial charge in [0.25, 0.3) is 5.91 Å². The highest BCUT2D eigenvalue weighted by molar-refractivity contribution is 5.92. The predicted octanol–water partition coefficient (Wildman–Crippen LogP) is 0.819.